The smallest absolute Gasteiger partial charge is 0.345 e. The van der Waals surface area contributed by atoms with Crippen LogP contribution in [0.3, 0.4) is 0 Å². The molecule has 146 valence electrons. The summed E-state index contributed by atoms with van der Waals surface area (Å²) in [5.41, 5.74) is -1.02. The van der Waals surface area contributed by atoms with Gasteiger partial charge in [0.2, 0.25) is 0 Å². The number of amides is 1. The van der Waals surface area contributed by atoms with Crippen molar-refractivity contribution in [1.82, 2.24) is 15.1 Å². The van der Waals surface area contributed by atoms with Crippen LogP contribution in [-0.2, 0) is 6.18 Å². The van der Waals surface area contributed by atoms with E-state index in [1.165, 1.54) is 24.3 Å². The highest BCUT2D eigenvalue weighted by Gasteiger charge is 2.40. The van der Waals surface area contributed by atoms with Crippen LogP contribution >= 0.6 is 23.2 Å². The van der Waals surface area contributed by atoms with Gasteiger partial charge in [-0.2, -0.15) is 18.3 Å². The summed E-state index contributed by atoms with van der Waals surface area (Å²) in [5, 5.41) is 7.09. The standard InChI is InChI=1S/C19H14Cl2F3N3O/c1-11(14-4-2-3-5-16(14)21)26-18(28)15-10-25-27(17(15)19(22,23)24)13-8-6-12(20)7-9-13/h2-11H,1H3,(H,26,28). The van der Waals surface area contributed by atoms with Gasteiger partial charge in [0.25, 0.3) is 5.91 Å². The van der Waals surface area contributed by atoms with Crippen molar-refractivity contribution in [3.05, 3.63) is 81.6 Å². The summed E-state index contributed by atoms with van der Waals surface area (Å²) in [4.78, 5) is 12.6. The number of hydrogen-bond acceptors (Lipinski definition) is 2. The molecule has 1 N–H and O–H groups in total. The third-order valence-corrected chi connectivity index (χ3v) is 4.67. The van der Waals surface area contributed by atoms with Crippen LogP contribution in [0.1, 0.15) is 34.6 Å². The SMILES string of the molecule is CC(NC(=O)c1cnn(-c2ccc(Cl)cc2)c1C(F)(F)F)c1ccccc1Cl. The van der Waals surface area contributed by atoms with Crippen molar-refractivity contribution < 1.29 is 18.0 Å². The van der Waals surface area contributed by atoms with Crippen LogP contribution in [-0.4, -0.2) is 15.7 Å². The molecule has 3 rings (SSSR count). The zero-order valence-electron chi connectivity index (χ0n) is 14.5. The lowest BCUT2D eigenvalue weighted by atomic mass is 10.1. The Morgan fingerprint density at radius 2 is 1.75 bits per heavy atom. The predicted molar refractivity (Wildman–Crippen MR) is 101 cm³/mol. The minimum atomic E-state index is -4.80. The highest BCUT2D eigenvalue weighted by Crippen LogP contribution is 2.34. The predicted octanol–water partition coefficient (Wildman–Crippen LogP) is 5.69. The third kappa shape index (κ3) is 4.15. The van der Waals surface area contributed by atoms with E-state index in [0.29, 0.717) is 20.3 Å². The van der Waals surface area contributed by atoms with Crippen molar-refractivity contribution in [3.8, 4) is 5.69 Å². The van der Waals surface area contributed by atoms with Crippen molar-refractivity contribution in [2.45, 2.75) is 19.1 Å². The lowest BCUT2D eigenvalue weighted by Gasteiger charge is -2.17. The van der Waals surface area contributed by atoms with Crippen LogP contribution in [0.4, 0.5) is 13.2 Å². The van der Waals surface area contributed by atoms with Gasteiger partial charge in [-0.1, -0.05) is 41.4 Å². The number of halogens is 5. The number of nitrogens with zero attached hydrogens (tertiary/aromatic N) is 2. The van der Waals surface area contributed by atoms with Crippen molar-refractivity contribution in [3.63, 3.8) is 0 Å². The highest BCUT2D eigenvalue weighted by atomic mass is 35.5. The second kappa shape index (κ2) is 7.85. The number of hydrogen-bond donors (Lipinski definition) is 1. The molecule has 0 aliphatic heterocycles. The second-order valence-electron chi connectivity index (χ2n) is 6.01. The minimum Gasteiger partial charge on any atom is -0.345 e. The lowest BCUT2D eigenvalue weighted by molar-refractivity contribution is -0.143. The molecule has 0 saturated carbocycles. The maximum atomic E-state index is 13.7. The van der Waals surface area contributed by atoms with Crippen molar-refractivity contribution in [2.24, 2.45) is 0 Å². The molecular weight excluding hydrogens is 414 g/mol. The van der Waals surface area contributed by atoms with Gasteiger partial charge in [-0.15, -0.1) is 0 Å². The van der Waals surface area contributed by atoms with Gasteiger partial charge in [0.15, 0.2) is 5.69 Å². The zero-order chi connectivity index (χ0) is 20.5. The normalized spacial score (nSPS) is 12.6. The number of aromatic nitrogens is 2. The molecule has 1 atom stereocenters. The Balaban J connectivity index is 1.96. The Labute approximate surface area is 168 Å². The van der Waals surface area contributed by atoms with Crippen molar-refractivity contribution in [2.75, 3.05) is 0 Å². The molecule has 28 heavy (non-hydrogen) atoms. The molecule has 0 bridgehead atoms. The van der Waals surface area contributed by atoms with Gasteiger partial charge in [0, 0.05) is 10.0 Å². The summed E-state index contributed by atoms with van der Waals surface area (Å²) in [7, 11) is 0. The van der Waals surface area contributed by atoms with Crippen molar-refractivity contribution in [1.29, 1.82) is 0 Å². The van der Waals surface area contributed by atoms with E-state index in [1.54, 1.807) is 31.2 Å². The highest BCUT2D eigenvalue weighted by molar-refractivity contribution is 6.31. The quantitative estimate of drug-likeness (QED) is 0.581. The van der Waals surface area contributed by atoms with Crippen LogP contribution in [0, 0.1) is 0 Å². The summed E-state index contributed by atoms with van der Waals surface area (Å²) < 4.78 is 41.8. The lowest BCUT2D eigenvalue weighted by Crippen LogP contribution is -2.29. The molecule has 1 unspecified atom stereocenters. The first-order valence-corrected chi connectivity index (χ1v) is 8.90. The molecule has 0 spiro atoms. The largest absolute Gasteiger partial charge is 0.434 e. The summed E-state index contributed by atoms with van der Waals surface area (Å²) in [6, 6.07) is 11.8. The Kier molecular flexibility index (Phi) is 5.67. The maximum Gasteiger partial charge on any atom is 0.434 e. The van der Waals surface area contributed by atoms with Gasteiger partial charge in [-0.05, 0) is 42.8 Å². The number of rotatable bonds is 4. The number of nitrogens with one attached hydrogen (secondary N) is 1. The number of benzene rings is 2. The number of carbonyl (C=O) groups excluding carboxylic acids is 1. The van der Waals surface area contributed by atoms with Crippen LogP contribution < -0.4 is 5.32 Å². The molecule has 1 amide bonds. The van der Waals surface area contributed by atoms with Gasteiger partial charge in [0.05, 0.1) is 23.5 Å². The average molecular weight is 428 g/mol. The monoisotopic (exact) mass is 427 g/mol. The molecule has 0 radical (unpaired) electrons. The van der Waals surface area contributed by atoms with Crippen LogP contribution in [0.25, 0.3) is 5.69 Å². The molecule has 1 heterocycles. The topological polar surface area (TPSA) is 46.9 Å². The first kappa shape index (κ1) is 20.2. The molecule has 2 aromatic carbocycles. The maximum absolute atomic E-state index is 13.7. The first-order chi connectivity index (χ1) is 13.2. The van der Waals surface area contributed by atoms with Crippen molar-refractivity contribution >= 4 is 29.1 Å². The van der Waals surface area contributed by atoms with Crippen LogP contribution in [0.2, 0.25) is 10.0 Å². The van der Waals surface area contributed by atoms with Gasteiger partial charge in [0.1, 0.15) is 0 Å². The fourth-order valence-corrected chi connectivity index (χ4v) is 3.17. The Bertz CT molecular complexity index is 1000. The fraction of sp³-hybridized carbons (Fsp3) is 0.158. The van der Waals surface area contributed by atoms with E-state index in [1.807, 2.05) is 0 Å². The summed E-state index contributed by atoms with van der Waals surface area (Å²) >= 11 is 11.9. The molecule has 0 saturated heterocycles. The van der Waals surface area contributed by atoms with E-state index in [2.05, 4.69) is 10.4 Å². The van der Waals surface area contributed by atoms with Gasteiger partial charge < -0.3 is 5.32 Å². The zero-order valence-corrected chi connectivity index (χ0v) is 16.0. The van der Waals surface area contributed by atoms with Crippen LogP contribution in [0.5, 0.6) is 0 Å². The molecular formula is C19H14Cl2F3N3O. The van der Waals surface area contributed by atoms with Gasteiger partial charge in [-0.25, -0.2) is 4.68 Å². The van der Waals surface area contributed by atoms with E-state index < -0.39 is 29.4 Å². The Hall–Kier alpha value is -2.51. The molecule has 3 aromatic rings. The molecule has 0 aliphatic carbocycles. The summed E-state index contributed by atoms with van der Waals surface area (Å²) in [5.74, 6) is -0.903. The molecule has 4 nitrogen and oxygen atoms in total. The van der Waals surface area contributed by atoms with Gasteiger partial charge >= 0.3 is 6.18 Å². The molecule has 0 aliphatic rings. The summed E-state index contributed by atoms with van der Waals surface area (Å²) in [6.45, 7) is 1.63. The van der Waals surface area contributed by atoms with E-state index >= 15 is 0 Å². The number of carbonyl (C=O) groups is 1. The Morgan fingerprint density at radius 3 is 2.36 bits per heavy atom. The second-order valence-corrected chi connectivity index (χ2v) is 6.85. The Morgan fingerprint density at radius 1 is 1.11 bits per heavy atom. The van der Waals surface area contributed by atoms with E-state index in [0.717, 1.165) is 6.20 Å². The van der Waals surface area contributed by atoms with Crippen LogP contribution in [0.15, 0.2) is 54.7 Å². The fourth-order valence-electron chi connectivity index (χ4n) is 2.74. The molecule has 1 aromatic heterocycles. The average Bonchev–Trinajstić information content (AvgIpc) is 3.08. The third-order valence-electron chi connectivity index (χ3n) is 4.07. The summed E-state index contributed by atoms with van der Waals surface area (Å²) in [6.07, 6.45) is -3.90. The van der Waals surface area contributed by atoms with E-state index in [-0.39, 0.29) is 5.69 Å². The van der Waals surface area contributed by atoms with E-state index in [4.69, 9.17) is 23.2 Å². The van der Waals surface area contributed by atoms with E-state index in [9.17, 15) is 18.0 Å². The van der Waals surface area contributed by atoms with Gasteiger partial charge in [-0.3, -0.25) is 4.79 Å². The first-order valence-electron chi connectivity index (χ1n) is 8.15. The molecule has 9 heteroatoms. The molecule has 0 fully saturated rings. The number of alkyl halides is 3. The minimum absolute atomic E-state index is 0.134.